The summed E-state index contributed by atoms with van der Waals surface area (Å²) in [5.41, 5.74) is 0.448. The molecule has 1 aromatic carbocycles. The molecular formula is C21H26N2O6. The Labute approximate surface area is 169 Å². The number of furan rings is 1. The zero-order chi connectivity index (χ0) is 20.6. The SMILES string of the molecule is COC(=O)COc1cccc(C(=O)NCC(c2ccc(C)o2)N2CCOCC2)c1. The summed E-state index contributed by atoms with van der Waals surface area (Å²) in [4.78, 5) is 26.1. The molecule has 1 aliphatic heterocycles. The molecule has 1 atom stereocenters. The summed E-state index contributed by atoms with van der Waals surface area (Å²) < 4.78 is 21.2. The number of ether oxygens (including phenoxy) is 3. The number of rotatable bonds is 8. The average Bonchev–Trinajstić information content (AvgIpc) is 3.19. The molecule has 1 fully saturated rings. The van der Waals surface area contributed by atoms with E-state index in [0.717, 1.165) is 24.6 Å². The van der Waals surface area contributed by atoms with E-state index in [1.165, 1.54) is 7.11 Å². The number of nitrogens with zero attached hydrogens (tertiary/aromatic N) is 1. The van der Waals surface area contributed by atoms with E-state index in [1.54, 1.807) is 24.3 Å². The standard InChI is InChI=1S/C21H26N2O6/c1-15-6-7-19(29-15)18(23-8-10-27-11-9-23)13-22-21(25)16-4-3-5-17(12-16)28-14-20(24)26-2/h3-7,12,18H,8-11,13-14H2,1-2H3,(H,22,25). The molecule has 2 heterocycles. The highest BCUT2D eigenvalue weighted by Gasteiger charge is 2.26. The molecule has 0 radical (unpaired) electrons. The fraction of sp³-hybridized carbons (Fsp3) is 0.429. The van der Waals surface area contributed by atoms with E-state index in [4.69, 9.17) is 13.9 Å². The summed E-state index contributed by atoms with van der Waals surface area (Å²) in [5.74, 6) is 1.37. The van der Waals surface area contributed by atoms with Gasteiger partial charge in [0.15, 0.2) is 6.61 Å². The summed E-state index contributed by atoms with van der Waals surface area (Å²) >= 11 is 0. The van der Waals surface area contributed by atoms with Gasteiger partial charge in [-0.25, -0.2) is 4.79 Å². The molecule has 1 aromatic heterocycles. The lowest BCUT2D eigenvalue weighted by Crippen LogP contribution is -2.43. The zero-order valence-corrected chi connectivity index (χ0v) is 16.7. The third-order valence-electron chi connectivity index (χ3n) is 4.71. The molecule has 0 bridgehead atoms. The van der Waals surface area contributed by atoms with Crippen molar-refractivity contribution >= 4 is 11.9 Å². The molecule has 0 saturated carbocycles. The largest absolute Gasteiger partial charge is 0.482 e. The summed E-state index contributed by atoms with van der Waals surface area (Å²) in [6, 6.07) is 10.5. The van der Waals surface area contributed by atoms with Crippen molar-refractivity contribution in [1.82, 2.24) is 10.2 Å². The van der Waals surface area contributed by atoms with Gasteiger partial charge >= 0.3 is 5.97 Å². The third-order valence-corrected chi connectivity index (χ3v) is 4.71. The topological polar surface area (TPSA) is 90.2 Å². The number of amides is 1. The molecule has 0 spiro atoms. The van der Waals surface area contributed by atoms with Crippen LogP contribution in [0.4, 0.5) is 0 Å². The normalized spacial score (nSPS) is 15.5. The van der Waals surface area contributed by atoms with Crippen LogP contribution in [0.15, 0.2) is 40.8 Å². The highest BCUT2D eigenvalue weighted by molar-refractivity contribution is 5.94. The number of nitrogens with one attached hydrogen (secondary N) is 1. The maximum atomic E-state index is 12.7. The maximum Gasteiger partial charge on any atom is 0.343 e. The van der Waals surface area contributed by atoms with E-state index in [1.807, 2.05) is 19.1 Å². The quantitative estimate of drug-likeness (QED) is 0.675. The van der Waals surface area contributed by atoms with E-state index < -0.39 is 5.97 Å². The van der Waals surface area contributed by atoms with Gasteiger partial charge < -0.3 is 23.9 Å². The van der Waals surface area contributed by atoms with Gasteiger partial charge in [-0.3, -0.25) is 9.69 Å². The fourth-order valence-electron chi connectivity index (χ4n) is 3.15. The zero-order valence-electron chi connectivity index (χ0n) is 16.7. The number of benzene rings is 1. The number of aryl methyl sites for hydroxylation is 1. The van der Waals surface area contributed by atoms with Crippen molar-refractivity contribution in [2.24, 2.45) is 0 Å². The van der Waals surface area contributed by atoms with E-state index in [0.29, 0.717) is 31.1 Å². The van der Waals surface area contributed by atoms with Crippen molar-refractivity contribution in [1.29, 1.82) is 0 Å². The Balaban J connectivity index is 1.64. The first-order valence-corrected chi connectivity index (χ1v) is 9.53. The minimum Gasteiger partial charge on any atom is -0.482 e. The lowest BCUT2D eigenvalue weighted by molar-refractivity contribution is -0.142. The number of carbonyl (C=O) groups excluding carboxylic acids is 2. The summed E-state index contributed by atoms with van der Waals surface area (Å²) in [6.07, 6.45) is 0. The average molecular weight is 402 g/mol. The van der Waals surface area contributed by atoms with Crippen LogP contribution in [-0.2, 0) is 14.3 Å². The molecule has 1 amide bonds. The van der Waals surface area contributed by atoms with Crippen molar-refractivity contribution in [3.05, 3.63) is 53.5 Å². The Morgan fingerprint density at radius 3 is 2.69 bits per heavy atom. The van der Waals surface area contributed by atoms with Gasteiger partial charge in [-0.2, -0.15) is 0 Å². The van der Waals surface area contributed by atoms with Crippen LogP contribution in [-0.4, -0.2) is 63.3 Å². The van der Waals surface area contributed by atoms with E-state index in [2.05, 4.69) is 15.0 Å². The number of hydrogen-bond acceptors (Lipinski definition) is 7. The minimum absolute atomic E-state index is 0.0738. The molecular weight excluding hydrogens is 376 g/mol. The second-order valence-electron chi connectivity index (χ2n) is 6.72. The van der Waals surface area contributed by atoms with Crippen LogP contribution in [0.2, 0.25) is 0 Å². The molecule has 0 aliphatic carbocycles. The van der Waals surface area contributed by atoms with Crippen molar-refractivity contribution in [2.75, 3.05) is 46.6 Å². The highest BCUT2D eigenvalue weighted by atomic mass is 16.6. The van der Waals surface area contributed by atoms with Crippen LogP contribution in [0, 0.1) is 6.92 Å². The van der Waals surface area contributed by atoms with Crippen LogP contribution >= 0.6 is 0 Å². The van der Waals surface area contributed by atoms with Gasteiger partial charge in [0, 0.05) is 25.2 Å². The first-order valence-electron chi connectivity index (χ1n) is 9.53. The number of methoxy groups -OCH3 is 1. The minimum atomic E-state index is -0.484. The molecule has 3 rings (SSSR count). The summed E-state index contributed by atoms with van der Waals surface area (Å²) in [7, 11) is 1.29. The van der Waals surface area contributed by atoms with Gasteiger partial charge in [-0.1, -0.05) is 6.07 Å². The maximum absolute atomic E-state index is 12.7. The van der Waals surface area contributed by atoms with Crippen LogP contribution in [0.1, 0.15) is 27.9 Å². The second-order valence-corrected chi connectivity index (χ2v) is 6.72. The molecule has 29 heavy (non-hydrogen) atoms. The van der Waals surface area contributed by atoms with Crippen LogP contribution < -0.4 is 10.1 Å². The van der Waals surface area contributed by atoms with Crippen molar-refractivity contribution in [3.63, 3.8) is 0 Å². The van der Waals surface area contributed by atoms with Gasteiger partial charge in [0.1, 0.15) is 17.3 Å². The highest BCUT2D eigenvalue weighted by Crippen LogP contribution is 2.23. The molecule has 1 aliphatic rings. The number of hydrogen-bond donors (Lipinski definition) is 1. The van der Waals surface area contributed by atoms with E-state index in [-0.39, 0.29) is 18.6 Å². The molecule has 8 nitrogen and oxygen atoms in total. The summed E-state index contributed by atoms with van der Waals surface area (Å²) in [6.45, 7) is 4.96. The second kappa shape index (κ2) is 10.1. The molecule has 1 N–H and O–H groups in total. The number of carbonyl (C=O) groups is 2. The Morgan fingerprint density at radius 2 is 2.00 bits per heavy atom. The molecule has 156 valence electrons. The van der Waals surface area contributed by atoms with Crippen molar-refractivity contribution < 1.29 is 28.2 Å². The van der Waals surface area contributed by atoms with E-state index >= 15 is 0 Å². The van der Waals surface area contributed by atoms with Gasteiger partial charge in [0.2, 0.25) is 0 Å². The Morgan fingerprint density at radius 1 is 1.21 bits per heavy atom. The van der Waals surface area contributed by atoms with Gasteiger partial charge in [-0.05, 0) is 37.3 Å². The fourth-order valence-corrected chi connectivity index (χ4v) is 3.15. The van der Waals surface area contributed by atoms with Crippen molar-refractivity contribution in [2.45, 2.75) is 13.0 Å². The first kappa shape index (κ1) is 20.9. The lowest BCUT2D eigenvalue weighted by atomic mass is 10.1. The lowest BCUT2D eigenvalue weighted by Gasteiger charge is -2.33. The number of morpholine rings is 1. The van der Waals surface area contributed by atoms with Gasteiger partial charge in [-0.15, -0.1) is 0 Å². The third kappa shape index (κ3) is 5.82. The molecule has 2 aromatic rings. The van der Waals surface area contributed by atoms with Gasteiger partial charge in [0.05, 0.1) is 26.4 Å². The molecule has 1 unspecified atom stereocenters. The smallest absolute Gasteiger partial charge is 0.343 e. The Bertz CT molecular complexity index is 828. The number of esters is 1. The predicted octanol–water partition coefficient (Wildman–Crippen LogP) is 1.94. The Kier molecular flexibility index (Phi) is 7.26. The predicted molar refractivity (Wildman–Crippen MR) is 105 cm³/mol. The monoisotopic (exact) mass is 402 g/mol. The molecule has 8 heteroatoms. The van der Waals surface area contributed by atoms with Crippen LogP contribution in [0.5, 0.6) is 5.75 Å². The van der Waals surface area contributed by atoms with Crippen molar-refractivity contribution in [3.8, 4) is 5.75 Å². The first-order chi connectivity index (χ1) is 14.1. The van der Waals surface area contributed by atoms with Gasteiger partial charge in [0.25, 0.3) is 5.91 Å². The van der Waals surface area contributed by atoms with Crippen LogP contribution in [0.3, 0.4) is 0 Å². The summed E-state index contributed by atoms with van der Waals surface area (Å²) in [5, 5.41) is 2.98. The van der Waals surface area contributed by atoms with E-state index in [9.17, 15) is 9.59 Å². The molecule has 1 saturated heterocycles. The Hall–Kier alpha value is -2.84. The van der Waals surface area contributed by atoms with Crippen LogP contribution in [0.25, 0.3) is 0 Å².